The van der Waals surface area contributed by atoms with Crippen LogP contribution in [-0.2, 0) is 6.54 Å². The van der Waals surface area contributed by atoms with Crippen molar-refractivity contribution in [2.45, 2.75) is 39.2 Å². The summed E-state index contributed by atoms with van der Waals surface area (Å²) in [5.41, 5.74) is 5.71. The quantitative estimate of drug-likeness (QED) is 0.508. The van der Waals surface area contributed by atoms with E-state index in [2.05, 4.69) is 34.3 Å². The topological polar surface area (TPSA) is 77.6 Å². The summed E-state index contributed by atoms with van der Waals surface area (Å²) >= 11 is 0. The fourth-order valence-corrected chi connectivity index (χ4v) is 4.67. The molecule has 0 bridgehead atoms. The van der Waals surface area contributed by atoms with E-state index in [-0.39, 0.29) is 0 Å². The van der Waals surface area contributed by atoms with Gasteiger partial charge in [0.05, 0.1) is 12.7 Å². The fraction of sp³-hybridized carbons (Fsp3) is 0.423. The SMILES string of the molecule is CNc1cccc(C(=O)O)c1.COc1cc(C)c2[nH]ccc2c1CN1CCC2(CC1)CC2. The van der Waals surface area contributed by atoms with Crippen molar-refractivity contribution in [2.24, 2.45) is 5.41 Å². The van der Waals surface area contributed by atoms with Crippen LogP contribution < -0.4 is 10.1 Å². The van der Waals surface area contributed by atoms with E-state index in [0.717, 1.165) is 23.4 Å². The molecule has 170 valence electrons. The summed E-state index contributed by atoms with van der Waals surface area (Å²) in [7, 11) is 3.53. The third kappa shape index (κ3) is 4.75. The van der Waals surface area contributed by atoms with Crippen molar-refractivity contribution in [1.29, 1.82) is 0 Å². The van der Waals surface area contributed by atoms with Crippen LogP contribution >= 0.6 is 0 Å². The smallest absolute Gasteiger partial charge is 0.335 e. The normalized spacial score (nSPS) is 17.0. The predicted molar refractivity (Wildman–Crippen MR) is 129 cm³/mol. The first-order valence-corrected chi connectivity index (χ1v) is 11.3. The highest BCUT2D eigenvalue weighted by Crippen LogP contribution is 2.53. The number of H-pyrrole nitrogens is 1. The molecule has 1 aliphatic heterocycles. The van der Waals surface area contributed by atoms with Crippen LogP contribution in [0.5, 0.6) is 5.75 Å². The highest BCUT2D eigenvalue weighted by atomic mass is 16.5. The Morgan fingerprint density at radius 2 is 1.94 bits per heavy atom. The number of carbonyl (C=O) groups is 1. The van der Waals surface area contributed by atoms with Crippen LogP contribution in [-0.4, -0.2) is 48.2 Å². The Hall–Kier alpha value is -2.99. The first-order valence-electron chi connectivity index (χ1n) is 11.3. The number of likely N-dealkylation sites (tertiary alicyclic amines) is 1. The number of aromatic nitrogens is 1. The average Bonchev–Trinajstić information content (AvgIpc) is 3.37. The lowest BCUT2D eigenvalue weighted by Crippen LogP contribution is -2.34. The third-order valence-corrected chi connectivity index (χ3v) is 6.99. The lowest BCUT2D eigenvalue weighted by atomic mass is 9.93. The van der Waals surface area contributed by atoms with Crippen LogP contribution in [0.1, 0.15) is 47.2 Å². The minimum absolute atomic E-state index is 0.303. The van der Waals surface area contributed by atoms with Crippen LogP contribution in [0, 0.1) is 12.3 Å². The van der Waals surface area contributed by atoms with E-state index in [1.54, 1.807) is 32.4 Å². The standard InChI is InChI=1S/C18H24N2O.C8H9NO2/c1-13-11-16(21-2)15(14-3-8-19-17(13)14)12-20-9-6-18(4-5-18)7-10-20;1-9-7-4-2-3-6(5-7)8(10)11/h3,8,11,19H,4-7,9-10,12H2,1-2H3;2-5,9H,1H3,(H,10,11). The lowest BCUT2D eigenvalue weighted by molar-refractivity contribution is 0.0697. The maximum atomic E-state index is 10.4. The fourth-order valence-electron chi connectivity index (χ4n) is 4.67. The monoisotopic (exact) mass is 435 g/mol. The molecule has 0 amide bonds. The summed E-state index contributed by atoms with van der Waals surface area (Å²) in [5.74, 6) is 0.133. The maximum Gasteiger partial charge on any atom is 0.335 e. The summed E-state index contributed by atoms with van der Waals surface area (Å²) in [6, 6.07) is 11.0. The molecule has 1 aromatic heterocycles. The number of ether oxygens (including phenoxy) is 1. The number of carboxylic acid groups (broad SMARTS) is 1. The van der Waals surface area contributed by atoms with Crippen molar-refractivity contribution in [1.82, 2.24) is 9.88 Å². The van der Waals surface area contributed by atoms with Gasteiger partial charge in [0.25, 0.3) is 0 Å². The summed E-state index contributed by atoms with van der Waals surface area (Å²) in [4.78, 5) is 16.4. The van der Waals surface area contributed by atoms with E-state index in [0.29, 0.717) is 5.56 Å². The van der Waals surface area contributed by atoms with Gasteiger partial charge in [-0.2, -0.15) is 0 Å². The zero-order valence-electron chi connectivity index (χ0n) is 19.2. The Labute approximate surface area is 189 Å². The third-order valence-electron chi connectivity index (χ3n) is 6.99. The number of hydrogen-bond donors (Lipinski definition) is 3. The van der Waals surface area contributed by atoms with Gasteiger partial charge in [-0.25, -0.2) is 4.79 Å². The van der Waals surface area contributed by atoms with E-state index in [1.165, 1.54) is 60.8 Å². The van der Waals surface area contributed by atoms with Crippen LogP contribution in [0.15, 0.2) is 42.6 Å². The minimum atomic E-state index is -0.901. The molecule has 32 heavy (non-hydrogen) atoms. The van der Waals surface area contributed by atoms with Gasteiger partial charge < -0.3 is 20.1 Å². The molecule has 6 nitrogen and oxygen atoms in total. The number of benzene rings is 2. The second-order valence-electron chi connectivity index (χ2n) is 9.05. The van der Waals surface area contributed by atoms with Crippen molar-refractivity contribution >= 4 is 22.6 Å². The van der Waals surface area contributed by atoms with Crippen molar-refractivity contribution in [3.8, 4) is 5.75 Å². The molecule has 2 heterocycles. The molecule has 2 fully saturated rings. The number of fused-ring (bicyclic) bond motifs is 1. The molecule has 1 saturated carbocycles. The number of methoxy groups -OCH3 is 1. The van der Waals surface area contributed by atoms with Crippen LogP contribution in [0.4, 0.5) is 5.69 Å². The minimum Gasteiger partial charge on any atom is -0.496 e. The summed E-state index contributed by atoms with van der Waals surface area (Å²) in [6.07, 6.45) is 7.75. The second-order valence-corrected chi connectivity index (χ2v) is 9.05. The van der Waals surface area contributed by atoms with Crippen LogP contribution in [0.2, 0.25) is 0 Å². The Bertz CT molecular complexity index is 1090. The molecule has 0 unspecified atom stereocenters. The zero-order valence-corrected chi connectivity index (χ0v) is 19.2. The van der Waals surface area contributed by atoms with Crippen molar-refractivity contribution in [2.75, 3.05) is 32.6 Å². The van der Waals surface area contributed by atoms with Gasteiger partial charge >= 0.3 is 5.97 Å². The number of aryl methyl sites for hydroxylation is 1. The van der Waals surface area contributed by atoms with Gasteiger partial charge in [0.1, 0.15) is 5.75 Å². The molecule has 2 aliphatic rings. The number of hydrogen-bond acceptors (Lipinski definition) is 4. The summed E-state index contributed by atoms with van der Waals surface area (Å²) in [5, 5.41) is 12.8. The molecular formula is C26H33N3O3. The molecule has 0 radical (unpaired) electrons. The van der Waals surface area contributed by atoms with Gasteiger partial charge in [-0.05, 0) is 87.0 Å². The number of aromatic amines is 1. The molecule has 3 N–H and O–H groups in total. The Morgan fingerprint density at radius 1 is 1.19 bits per heavy atom. The molecule has 1 spiro atoms. The molecule has 1 aliphatic carbocycles. The van der Waals surface area contributed by atoms with Gasteiger partial charge in [0.2, 0.25) is 0 Å². The van der Waals surface area contributed by atoms with Crippen molar-refractivity contribution in [3.05, 3.63) is 59.3 Å². The van der Waals surface area contributed by atoms with Gasteiger partial charge in [0.15, 0.2) is 0 Å². The lowest BCUT2D eigenvalue weighted by Gasteiger charge is -2.32. The van der Waals surface area contributed by atoms with Crippen LogP contribution in [0.25, 0.3) is 10.9 Å². The predicted octanol–water partition coefficient (Wildman–Crippen LogP) is 5.29. The largest absolute Gasteiger partial charge is 0.496 e. The van der Waals surface area contributed by atoms with Crippen molar-refractivity contribution in [3.63, 3.8) is 0 Å². The van der Waals surface area contributed by atoms with Crippen LogP contribution in [0.3, 0.4) is 0 Å². The number of carboxylic acids is 1. The highest BCUT2D eigenvalue weighted by molar-refractivity contribution is 5.89. The maximum absolute atomic E-state index is 10.4. The van der Waals surface area contributed by atoms with E-state index in [9.17, 15) is 4.79 Å². The molecule has 6 heteroatoms. The van der Waals surface area contributed by atoms with Crippen molar-refractivity contribution < 1.29 is 14.6 Å². The number of nitrogens with one attached hydrogen (secondary N) is 2. The number of rotatable bonds is 5. The molecule has 5 rings (SSSR count). The highest BCUT2D eigenvalue weighted by Gasteiger charge is 2.44. The van der Waals surface area contributed by atoms with E-state index in [1.807, 2.05) is 12.3 Å². The Kier molecular flexibility index (Phi) is 6.42. The summed E-state index contributed by atoms with van der Waals surface area (Å²) in [6.45, 7) is 5.63. The van der Waals surface area contributed by atoms with E-state index < -0.39 is 5.97 Å². The summed E-state index contributed by atoms with van der Waals surface area (Å²) < 4.78 is 5.66. The molecule has 0 atom stereocenters. The zero-order chi connectivity index (χ0) is 22.7. The first-order chi connectivity index (χ1) is 15.4. The Morgan fingerprint density at radius 3 is 2.56 bits per heavy atom. The number of anilines is 1. The molecule has 2 aromatic carbocycles. The Balaban J connectivity index is 0.000000189. The first kappa shape index (κ1) is 22.2. The second kappa shape index (κ2) is 9.25. The number of piperidine rings is 1. The van der Waals surface area contributed by atoms with Gasteiger partial charge in [0, 0.05) is 41.9 Å². The van der Waals surface area contributed by atoms with E-state index >= 15 is 0 Å². The number of aromatic carboxylic acids is 1. The van der Waals surface area contributed by atoms with Gasteiger partial charge in [-0.3, -0.25) is 4.90 Å². The molecule has 1 saturated heterocycles. The van der Waals surface area contributed by atoms with Gasteiger partial charge in [-0.15, -0.1) is 0 Å². The molecule has 3 aromatic rings. The average molecular weight is 436 g/mol. The number of nitrogens with zero attached hydrogens (tertiary/aromatic N) is 1. The van der Waals surface area contributed by atoms with Gasteiger partial charge in [-0.1, -0.05) is 6.07 Å². The van der Waals surface area contributed by atoms with E-state index in [4.69, 9.17) is 9.84 Å². The molecular weight excluding hydrogens is 402 g/mol.